The largest absolute Gasteiger partial charge is 0.255 e. The van der Waals surface area contributed by atoms with Gasteiger partial charge in [-0.05, 0) is 37.1 Å². The van der Waals surface area contributed by atoms with Crippen molar-refractivity contribution in [1.82, 2.24) is 0 Å². The van der Waals surface area contributed by atoms with Crippen LogP contribution in [0.25, 0.3) is 0 Å². The topological polar surface area (TPSA) is 17.1 Å². The second kappa shape index (κ2) is 3.18. The molecule has 60 valence electrons. The highest BCUT2D eigenvalue weighted by molar-refractivity contribution is 7.84. The lowest BCUT2D eigenvalue weighted by Gasteiger charge is -2.01. The van der Waals surface area contributed by atoms with Crippen molar-refractivity contribution in [2.75, 3.05) is 6.26 Å². The van der Waals surface area contributed by atoms with Gasteiger partial charge in [0, 0.05) is 22.0 Å². The third kappa shape index (κ3) is 1.90. The molecule has 0 aliphatic heterocycles. The van der Waals surface area contributed by atoms with Crippen molar-refractivity contribution in [3.8, 4) is 0 Å². The summed E-state index contributed by atoms with van der Waals surface area (Å²) in [4.78, 5) is 0.910. The number of rotatable bonds is 1. The Bertz CT molecular complexity index is 292. The predicted octanol–water partition coefficient (Wildman–Crippen LogP) is 2.04. The van der Waals surface area contributed by atoms with Crippen LogP contribution in [0.1, 0.15) is 11.1 Å². The van der Waals surface area contributed by atoms with Crippen molar-refractivity contribution in [3.05, 3.63) is 29.3 Å². The summed E-state index contributed by atoms with van der Waals surface area (Å²) < 4.78 is 11.0. The highest BCUT2D eigenvalue weighted by atomic mass is 32.2. The van der Waals surface area contributed by atoms with Crippen molar-refractivity contribution in [3.63, 3.8) is 0 Å². The lowest BCUT2D eigenvalue weighted by atomic mass is 10.1. The molecule has 0 saturated carbocycles. The van der Waals surface area contributed by atoms with Gasteiger partial charge >= 0.3 is 0 Å². The number of benzene rings is 1. The van der Waals surface area contributed by atoms with Gasteiger partial charge in [0.25, 0.3) is 0 Å². The van der Waals surface area contributed by atoms with Crippen LogP contribution in [0.15, 0.2) is 23.1 Å². The normalized spacial score (nSPS) is 13.0. The molecule has 1 nitrogen and oxygen atoms in total. The summed E-state index contributed by atoms with van der Waals surface area (Å²) in [6.07, 6.45) is 1.70. The molecule has 0 aliphatic rings. The standard InChI is InChI=1S/C9H12OS/c1-7-4-5-9(11(3)10)6-8(7)2/h4-6H,1-3H3/t11-/m1/s1. The zero-order valence-corrected chi connectivity index (χ0v) is 7.87. The monoisotopic (exact) mass is 168 g/mol. The van der Waals surface area contributed by atoms with Gasteiger partial charge in [-0.3, -0.25) is 4.21 Å². The minimum absolute atomic E-state index is 0.847. The number of hydrogen-bond acceptors (Lipinski definition) is 1. The first-order valence-electron chi connectivity index (χ1n) is 3.52. The second-order valence-electron chi connectivity index (χ2n) is 2.70. The van der Waals surface area contributed by atoms with E-state index < -0.39 is 10.8 Å². The van der Waals surface area contributed by atoms with Gasteiger partial charge in [-0.15, -0.1) is 0 Å². The van der Waals surface area contributed by atoms with Crippen LogP contribution in [-0.4, -0.2) is 10.5 Å². The van der Waals surface area contributed by atoms with Gasteiger partial charge in [0.2, 0.25) is 0 Å². The molecule has 1 rings (SSSR count). The van der Waals surface area contributed by atoms with Gasteiger partial charge in [0.05, 0.1) is 0 Å². The van der Waals surface area contributed by atoms with Crippen molar-refractivity contribution in [2.45, 2.75) is 18.7 Å². The van der Waals surface area contributed by atoms with E-state index >= 15 is 0 Å². The lowest BCUT2D eigenvalue weighted by Crippen LogP contribution is -1.89. The molecule has 1 aromatic rings. The molecule has 0 fully saturated rings. The average Bonchev–Trinajstić information content (AvgIpc) is 1.94. The summed E-state index contributed by atoms with van der Waals surface area (Å²) in [6.45, 7) is 4.09. The minimum Gasteiger partial charge on any atom is -0.255 e. The van der Waals surface area contributed by atoms with Gasteiger partial charge < -0.3 is 0 Å². The summed E-state index contributed by atoms with van der Waals surface area (Å²) in [6, 6.07) is 5.90. The zero-order valence-electron chi connectivity index (χ0n) is 7.05. The van der Waals surface area contributed by atoms with Gasteiger partial charge in [-0.2, -0.15) is 0 Å². The van der Waals surface area contributed by atoms with Gasteiger partial charge in [-0.1, -0.05) is 6.07 Å². The van der Waals surface area contributed by atoms with Gasteiger partial charge in [0.15, 0.2) is 0 Å². The molecule has 0 bridgehead atoms. The van der Waals surface area contributed by atoms with E-state index in [2.05, 4.69) is 6.92 Å². The molecule has 11 heavy (non-hydrogen) atoms. The SMILES string of the molecule is Cc1ccc([S@@](C)=O)cc1C. The highest BCUT2D eigenvalue weighted by Gasteiger charge is 1.98. The molecule has 0 aromatic heterocycles. The fourth-order valence-corrected chi connectivity index (χ4v) is 1.50. The minimum atomic E-state index is -0.847. The van der Waals surface area contributed by atoms with E-state index in [-0.39, 0.29) is 0 Å². The third-order valence-electron chi connectivity index (χ3n) is 1.81. The van der Waals surface area contributed by atoms with E-state index in [9.17, 15) is 4.21 Å². The Morgan fingerprint density at radius 2 is 1.82 bits per heavy atom. The molecular weight excluding hydrogens is 156 g/mol. The average molecular weight is 168 g/mol. The maximum atomic E-state index is 11.0. The van der Waals surface area contributed by atoms with Crippen LogP contribution >= 0.6 is 0 Å². The van der Waals surface area contributed by atoms with Crippen LogP contribution in [0, 0.1) is 13.8 Å². The Morgan fingerprint density at radius 3 is 2.27 bits per heavy atom. The van der Waals surface area contributed by atoms with E-state index in [0.717, 1.165) is 4.90 Å². The van der Waals surface area contributed by atoms with Crippen molar-refractivity contribution < 1.29 is 4.21 Å². The summed E-state index contributed by atoms with van der Waals surface area (Å²) in [7, 11) is -0.847. The van der Waals surface area contributed by atoms with Crippen LogP contribution in [0.3, 0.4) is 0 Å². The Morgan fingerprint density at radius 1 is 1.18 bits per heavy atom. The first kappa shape index (κ1) is 8.47. The highest BCUT2D eigenvalue weighted by Crippen LogP contribution is 2.11. The maximum Gasteiger partial charge on any atom is 0.0498 e. The molecule has 2 heteroatoms. The fourth-order valence-electron chi connectivity index (χ4n) is 0.893. The van der Waals surface area contributed by atoms with Crippen LogP contribution in [0.2, 0.25) is 0 Å². The van der Waals surface area contributed by atoms with Crippen LogP contribution in [0.4, 0.5) is 0 Å². The zero-order chi connectivity index (χ0) is 8.43. The molecule has 0 radical (unpaired) electrons. The number of hydrogen-bond donors (Lipinski definition) is 0. The molecule has 0 N–H and O–H groups in total. The fraction of sp³-hybridized carbons (Fsp3) is 0.333. The van der Waals surface area contributed by atoms with Crippen LogP contribution < -0.4 is 0 Å². The van der Waals surface area contributed by atoms with E-state index in [1.54, 1.807) is 6.26 Å². The van der Waals surface area contributed by atoms with Crippen molar-refractivity contribution >= 4 is 10.8 Å². The Balaban J connectivity index is 3.15. The van der Waals surface area contributed by atoms with E-state index in [1.165, 1.54) is 11.1 Å². The van der Waals surface area contributed by atoms with Crippen LogP contribution in [-0.2, 0) is 10.8 Å². The molecule has 1 atom stereocenters. The molecule has 0 amide bonds. The summed E-state index contributed by atoms with van der Waals surface area (Å²) in [5, 5.41) is 0. The number of aryl methyl sites for hydroxylation is 2. The van der Waals surface area contributed by atoms with Gasteiger partial charge in [-0.25, -0.2) is 0 Å². The first-order chi connectivity index (χ1) is 5.11. The predicted molar refractivity (Wildman–Crippen MR) is 48.2 cm³/mol. The molecule has 0 saturated heterocycles. The molecule has 0 aliphatic carbocycles. The third-order valence-corrected chi connectivity index (χ3v) is 2.73. The summed E-state index contributed by atoms with van der Waals surface area (Å²) in [5.74, 6) is 0. The lowest BCUT2D eigenvalue weighted by molar-refractivity contribution is 0.686. The Kier molecular flexibility index (Phi) is 2.45. The summed E-state index contributed by atoms with van der Waals surface area (Å²) in [5.41, 5.74) is 2.46. The molecular formula is C9H12OS. The molecule has 1 aromatic carbocycles. The Labute approximate surface area is 69.9 Å². The van der Waals surface area contributed by atoms with E-state index in [1.807, 2.05) is 25.1 Å². The Hall–Kier alpha value is -0.630. The summed E-state index contributed by atoms with van der Waals surface area (Å²) >= 11 is 0. The van der Waals surface area contributed by atoms with E-state index in [0.29, 0.717) is 0 Å². The van der Waals surface area contributed by atoms with Crippen LogP contribution in [0.5, 0.6) is 0 Å². The molecule has 0 heterocycles. The van der Waals surface area contributed by atoms with E-state index in [4.69, 9.17) is 0 Å². The molecule has 0 spiro atoms. The quantitative estimate of drug-likeness (QED) is 0.627. The smallest absolute Gasteiger partial charge is 0.0498 e. The maximum absolute atomic E-state index is 11.0. The van der Waals surface area contributed by atoms with Crippen molar-refractivity contribution in [2.24, 2.45) is 0 Å². The van der Waals surface area contributed by atoms with Crippen molar-refractivity contribution in [1.29, 1.82) is 0 Å². The first-order valence-corrected chi connectivity index (χ1v) is 5.08. The molecule has 0 unspecified atom stereocenters. The second-order valence-corrected chi connectivity index (χ2v) is 4.08. The van der Waals surface area contributed by atoms with Gasteiger partial charge in [0.1, 0.15) is 0 Å².